The molecule has 0 spiro atoms. The fourth-order valence-corrected chi connectivity index (χ4v) is 2.87. The van der Waals surface area contributed by atoms with Crippen molar-refractivity contribution in [2.75, 3.05) is 0 Å². The van der Waals surface area contributed by atoms with E-state index < -0.39 is 5.97 Å². The highest BCUT2D eigenvalue weighted by atomic mass is 16.4. The molecule has 4 heteroatoms. The van der Waals surface area contributed by atoms with Crippen molar-refractivity contribution < 1.29 is 9.90 Å². The van der Waals surface area contributed by atoms with Crippen molar-refractivity contribution in [1.82, 2.24) is 9.55 Å². The summed E-state index contributed by atoms with van der Waals surface area (Å²) < 4.78 is 2.06. The monoisotopic (exact) mass is 322 g/mol. The predicted molar refractivity (Wildman–Crippen MR) is 95.7 cm³/mol. The summed E-state index contributed by atoms with van der Waals surface area (Å²) in [5, 5.41) is 9.21. The Morgan fingerprint density at radius 2 is 1.79 bits per heavy atom. The molecule has 0 aliphatic carbocycles. The van der Waals surface area contributed by atoms with Crippen LogP contribution in [0, 0.1) is 6.92 Å². The number of fused-ring (bicyclic) bond motifs is 1. The molecule has 0 aliphatic heterocycles. The second-order valence-electron chi connectivity index (χ2n) is 7.20. The van der Waals surface area contributed by atoms with Gasteiger partial charge in [0.15, 0.2) is 0 Å². The SMILES string of the molecule is Cc1nc2ccc(C(=O)O)cc2n1Cc1ccc(C(C)(C)C)cc1. The van der Waals surface area contributed by atoms with Crippen LogP contribution < -0.4 is 0 Å². The molecule has 0 saturated carbocycles. The van der Waals surface area contributed by atoms with Gasteiger partial charge < -0.3 is 9.67 Å². The Kier molecular flexibility index (Phi) is 3.91. The van der Waals surface area contributed by atoms with Crippen LogP contribution in [0.1, 0.15) is 48.1 Å². The number of rotatable bonds is 3. The third-order valence-corrected chi connectivity index (χ3v) is 4.35. The zero-order chi connectivity index (χ0) is 17.5. The minimum Gasteiger partial charge on any atom is -0.478 e. The van der Waals surface area contributed by atoms with E-state index >= 15 is 0 Å². The Labute approximate surface area is 141 Å². The Morgan fingerprint density at radius 3 is 2.38 bits per heavy atom. The van der Waals surface area contributed by atoms with Crippen molar-refractivity contribution in [2.45, 2.75) is 39.7 Å². The van der Waals surface area contributed by atoms with Gasteiger partial charge in [0.2, 0.25) is 0 Å². The van der Waals surface area contributed by atoms with Gasteiger partial charge in [-0.3, -0.25) is 0 Å². The van der Waals surface area contributed by atoms with Crippen LogP contribution in [0.4, 0.5) is 0 Å². The lowest BCUT2D eigenvalue weighted by molar-refractivity contribution is 0.0697. The summed E-state index contributed by atoms with van der Waals surface area (Å²) in [5.41, 5.74) is 4.56. The van der Waals surface area contributed by atoms with E-state index in [-0.39, 0.29) is 11.0 Å². The smallest absolute Gasteiger partial charge is 0.335 e. The van der Waals surface area contributed by atoms with Crippen molar-refractivity contribution >= 4 is 17.0 Å². The predicted octanol–water partition coefficient (Wildman–Crippen LogP) is 4.39. The Morgan fingerprint density at radius 1 is 1.12 bits per heavy atom. The summed E-state index contributed by atoms with van der Waals surface area (Å²) in [7, 11) is 0. The summed E-state index contributed by atoms with van der Waals surface area (Å²) in [4.78, 5) is 15.8. The maximum Gasteiger partial charge on any atom is 0.335 e. The molecular weight excluding hydrogens is 300 g/mol. The fourth-order valence-electron chi connectivity index (χ4n) is 2.87. The molecular formula is C20H22N2O2. The van der Waals surface area contributed by atoms with Crippen LogP contribution in [0.15, 0.2) is 42.5 Å². The van der Waals surface area contributed by atoms with Gasteiger partial charge in [-0.25, -0.2) is 9.78 Å². The maximum absolute atomic E-state index is 11.2. The largest absolute Gasteiger partial charge is 0.478 e. The molecule has 0 saturated heterocycles. The molecule has 0 atom stereocenters. The van der Waals surface area contributed by atoms with E-state index in [4.69, 9.17) is 0 Å². The lowest BCUT2D eigenvalue weighted by Crippen LogP contribution is -2.11. The van der Waals surface area contributed by atoms with Gasteiger partial charge in [0, 0.05) is 6.54 Å². The first-order valence-corrected chi connectivity index (χ1v) is 8.05. The average Bonchev–Trinajstić information content (AvgIpc) is 2.82. The molecule has 1 aromatic heterocycles. The molecule has 124 valence electrons. The number of nitrogens with zero attached hydrogens (tertiary/aromatic N) is 2. The topological polar surface area (TPSA) is 55.1 Å². The molecule has 3 aromatic rings. The highest BCUT2D eigenvalue weighted by Gasteiger charge is 2.14. The van der Waals surface area contributed by atoms with Gasteiger partial charge in [0.1, 0.15) is 5.82 Å². The van der Waals surface area contributed by atoms with Crippen LogP contribution in [-0.2, 0) is 12.0 Å². The lowest BCUT2D eigenvalue weighted by Gasteiger charge is -2.19. The van der Waals surface area contributed by atoms with E-state index in [1.165, 1.54) is 11.1 Å². The van der Waals surface area contributed by atoms with Crippen LogP contribution >= 0.6 is 0 Å². The Hall–Kier alpha value is -2.62. The van der Waals surface area contributed by atoms with Crippen molar-refractivity contribution in [3.05, 3.63) is 65.0 Å². The van der Waals surface area contributed by atoms with Gasteiger partial charge in [-0.2, -0.15) is 0 Å². The van der Waals surface area contributed by atoms with E-state index in [1.807, 2.05) is 6.92 Å². The number of carboxylic acid groups (broad SMARTS) is 1. The molecule has 1 heterocycles. The molecule has 0 unspecified atom stereocenters. The minimum absolute atomic E-state index is 0.131. The first kappa shape index (κ1) is 16.2. The van der Waals surface area contributed by atoms with Crippen molar-refractivity contribution in [2.24, 2.45) is 0 Å². The molecule has 0 amide bonds. The Balaban J connectivity index is 1.99. The molecule has 3 rings (SSSR count). The number of carboxylic acids is 1. The molecule has 0 bridgehead atoms. The van der Waals surface area contributed by atoms with E-state index in [0.29, 0.717) is 6.54 Å². The highest BCUT2D eigenvalue weighted by Crippen LogP contribution is 2.24. The number of hydrogen-bond donors (Lipinski definition) is 1. The minimum atomic E-state index is -0.920. The number of hydrogen-bond acceptors (Lipinski definition) is 2. The lowest BCUT2D eigenvalue weighted by atomic mass is 9.87. The van der Waals surface area contributed by atoms with Crippen molar-refractivity contribution in [1.29, 1.82) is 0 Å². The number of benzene rings is 2. The van der Waals surface area contributed by atoms with Crippen LogP contribution in [-0.4, -0.2) is 20.6 Å². The second kappa shape index (κ2) is 5.78. The maximum atomic E-state index is 11.2. The van der Waals surface area contributed by atoms with Gasteiger partial charge >= 0.3 is 5.97 Å². The van der Waals surface area contributed by atoms with Crippen molar-refractivity contribution in [3.8, 4) is 0 Å². The fraction of sp³-hybridized carbons (Fsp3) is 0.300. The summed E-state index contributed by atoms with van der Waals surface area (Å²) in [6, 6.07) is 13.6. The average molecular weight is 322 g/mol. The molecule has 4 nitrogen and oxygen atoms in total. The summed E-state index contributed by atoms with van der Waals surface area (Å²) >= 11 is 0. The zero-order valence-electron chi connectivity index (χ0n) is 14.5. The molecule has 0 fully saturated rings. The van der Waals surface area contributed by atoms with E-state index in [1.54, 1.807) is 18.2 Å². The van der Waals surface area contributed by atoms with Gasteiger partial charge in [0.25, 0.3) is 0 Å². The molecule has 0 radical (unpaired) electrons. The molecule has 2 aromatic carbocycles. The number of aromatic nitrogens is 2. The van der Waals surface area contributed by atoms with E-state index in [9.17, 15) is 9.90 Å². The third-order valence-electron chi connectivity index (χ3n) is 4.35. The first-order chi connectivity index (χ1) is 11.3. The zero-order valence-corrected chi connectivity index (χ0v) is 14.5. The molecule has 1 N–H and O–H groups in total. The quantitative estimate of drug-likeness (QED) is 0.778. The van der Waals surface area contributed by atoms with Gasteiger partial charge in [-0.1, -0.05) is 45.0 Å². The van der Waals surface area contributed by atoms with Crippen LogP contribution in [0.3, 0.4) is 0 Å². The molecule has 0 aliphatic rings. The van der Waals surface area contributed by atoms with Crippen LogP contribution in [0.25, 0.3) is 11.0 Å². The number of carbonyl (C=O) groups is 1. The van der Waals surface area contributed by atoms with E-state index in [2.05, 4.69) is 54.6 Å². The second-order valence-corrected chi connectivity index (χ2v) is 7.20. The number of aromatic carboxylic acids is 1. The summed E-state index contributed by atoms with van der Waals surface area (Å²) in [6.07, 6.45) is 0. The standard InChI is InChI=1S/C20H22N2O2/c1-13-21-17-10-7-15(19(23)24)11-18(17)22(13)12-14-5-8-16(9-6-14)20(2,3)4/h5-11H,12H2,1-4H3,(H,23,24). The summed E-state index contributed by atoms with van der Waals surface area (Å²) in [6.45, 7) is 9.22. The third kappa shape index (κ3) is 3.04. The van der Waals surface area contributed by atoms with Crippen LogP contribution in [0.5, 0.6) is 0 Å². The number of aryl methyl sites for hydroxylation is 1. The molecule has 24 heavy (non-hydrogen) atoms. The highest BCUT2D eigenvalue weighted by molar-refractivity contribution is 5.92. The first-order valence-electron chi connectivity index (χ1n) is 8.05. The van der Waals surface area contributed by atoms with Gasteiger partial charge in [-0.15, -0.1) is 0 Å². The Bertz CT molecular complexity index is 900. The number of imidazole rings is 1. The van der Waals surface area contributed by atoms with E-state index in [0.717, 1.165) is 16.9 Å². The van der Waals surface area contributed by atoms with Crippen LogP contribution in [0.2, 0.25) is 0 Å². The normalized spacial score (nSPS) is 11.8. The van der Waals surface area contributed by atoms with Gasteiger partial charge in [-0.05, 0) is 41.7 Å². The van der Waals surface area contributed by atoms with Crippen molar-refractivity contribution in [3.63, 3.8) is 0 Å². The summed E-state index contributed by atoms with van der Waals surface area (Å²) in [5.74, 6) is -0.0377. The van der Waals surface area contributed by atoms with Gasteiger partial charge in [0.05, 0.1) is 16.6 Å².